The number of rotatable bonds is 3. The zero-order chi connectivity index (χ0) is 19.0. The standard InChI is InChI=1S/C19H21FN6O/c1-13(2)26-12-23-17-9-14(3-4-15(17)19(26)27)24-5-7-25(8-6-24)18-16(20)10-21-11-22-18/h3-4,9-13H,5-8H2,1-2H3. The first-order valence-corrected chi connectivity index (χ1v) is 9.01. The van der Waals surface area contributed by atoms with E-state index in [0.717, 1.165) is 18.8 Å². The molecule has 0 atom stereocenters. The Morgan fingerprint density at radius 2 is 1.81 bits per heavy atom. The molecule has 0 amide bonds. The molecule has 27 heavy (non-hydrogen) atoms. The van der Waals surface area contributed by atoms with Gasteiger partial charge in [-0.25, -0.2) is 19.3 Å². The van der Waals surface area contributed by atoms with E-state index in [1.54, 1.807) is 10.9 Å². The van der Waals surface area contributed by atoms with Crippen molar-refractivity contribution in [2.75, 3.05) is 36.0 Å². The van der Waals surface area contributed by atoms with Gasteiger partial charge in [0.1, 0.15) is 6.33 Å². The van der Waals surface area contributed by atoms with Gasteiger partial charge in [0.25, 0.3) is 5.56 Å². The lowest BCUT2D eigenvalue weighted by Gasteiger charge is -2.36. The van der Waals surface area contributed by atoms with Crippen LogP contribution in [-0.2, 0) is 0 Å². The molecule has 4 rings (SSSR count). The summed E-state index contributed by atoms with van der Waals surface area (Å²) in [7, 11) is 0. The summed E-state index contributed by atoms with van der Waals surface area (Å²) in [5.41, 5.74) is 1.68. The van der Waals surface area contributed by atoms with Crippen LogP contribution in [0.1, 0.15) is 19.9 Å². The van der Waals surface area contributed by atoms with Crippen molar-refractivity contribution >= 4 is 22.4 Å². The lowest BCUT2D eigenvalue weighted by molar-refractivity contribution is 0.573. The highest BCUT2D eigenvalue weighted by Crippen LogP contribution is 2.23. The summed E-state index contributed by atoms with van der Waals surface area (Å²) in [5, 5.41) is 0.622. The summed E-state index contributed by atoms with van der Waals surface area (Å²) in [6.45, 7) is 6.71. The molecule has 2 aromatic heterocycles. The second-order valence-corrected chi connectivity index (χ2v) is 6.92. The molecule has 140 valence electrons. The highest BCUT2D eigenvalue weighted by molar-refractivity contribution is 5.81. The molecule has 7 nitrogen and oxygen atoms in total. The number of piperazine rings is 1. The summed E-state index contributed by atoms with van der Waals surface area (Å²) in [5.74, 6) is -0.0543. The Hall–Kier alpha value is -3.03. The Kier molecular flexibility index (Phi) is 4.47. The lowest BCUT2D eigenvalue weighted by Crippen LogP contribution is -2.47. The van der Waals surface area contributed by atoms with Crippen LogP contribution in [0.3, 0.4) is 0 Å². The van der Waals surface area contributed by atoms with Crippen LogP contribution in [0.15, 0.2) is 41.8 Å². The quantitative estimate of drug-likeness (QED) is 0.706. The van der Waals surface area contributed by atoms with E-state index in [2.05, 4.69) is 19.9 Å². The van der Waals surface area contributed by atoms with E-state index in [1.807, 2.05) is 36.9 Å². The second kappa shape index (κ2) is 6.94. The van der Waals surface area contributed by atoms with E-state index in [9.17, 15) is 9.18 Å². The summed E-state index contributed by atoms with van der Waals surface area (Å²) in [6.07, 6.45) is 4.16. The van der Waals surface area contributed by atoms with Crippen LogP contribution in [-0.4, -0.2) is 45.7 Å². The van der Waals surface area contributed by atoms with Gasteiger partial charge in [-0.05, 0) is 32.0 Å². The molecule has 0 N–H and O–H groups in total. The van der Waals surface area contributed by atoms with Gasteiger partial charge in [-0.15, -0.1) is 0 Å². The fourth-order valence-electron chi connectivity index (χ4n) is 3.40. The normalized spacial score (nSPS) is 15.0. The van der Waals surface area contributed by atoms with E-state index in [1.165, 1.54) is 12.5 Å². The topological polar surface area (TPSA) is 67.2 Å². The van der Waals surface area contributed by atoms with Crippen LogP contribution in [0.5, 0.6) is 0 Å². The molecule has 1 aromatic carbocycles. The SMILES string of the molecule is CC(C)n1cnc2cc(N3CCN(c4ncncc4F)CC3)ccc2c1=O. The van der Waals surface area contributed by atoms with Gasteiger partial charge in [-0.3, -0.25) is 9.36 Å². The van der Waals surface area contributed by atoms with Crippen molar-refractivity contribution in [1.82, 2.24) is 19.5 Å². The third kappa shape index (κ3) is 3.22. The molecule has 0 bridgehead atoms. The molecule has 1 fully saturated rings. The maximum absolute atomic E-state index is 13.9. The largest absolute Gasteiger partial charge is 0.368 e. The van der Waals surface area contributed by atoms with Crippen LogP contribution < -0.4 is 15.4 Å². The average molecular weight is 368 g/mol. The van der Waals surface area contributed by atoms with Crippen LogP contribution in [0.2, 0.25) is 0 Å². The first-order valence-electron chi connectivity index (χ1n) is 9.01. The van der Waals surface area contributed by atoms with E-state index in [4.69, 9.17) is 0 Å². The second-order valence-electron chi connectivity index (χ2n) is 6.92. The maximum Gasteiger partial charge on any atom is 0.261 e. The molecule has 3 heterocycles. The van der Waals surface area contributed by atoms with Crippen molar-refractivity contribution in [2.24, 2.45) is 0 Å². The number of nitrogens with zero attached hydrogens (tertiary/aromatic N) is 6. The Morgan fingerprint density at radius 3 is 2.52 bits per heavy atom. The number of anilines is 2. The minimum absolute atomic E-state index is 0.0226. The van der Waals surface area contributed by atoms with Crippen molar-refractivity contribution in [2.45, 2.75) is 19.9 Å². The zero-order valence-electron chi connectivity index (χ0n) is 15.3. The maximum atomic E-state index is 13.9. The summed E-state index contributed by atoms with van der Waals surface area (Å²) >= 11 is 0. The van der Waals surface area contributed by atoms with Crippen molar-refractivity contribution in [3.05, 3.63) is 53.2 Å². The predicted octanol–water partition coefficient (Wildman–Crippen LogP) is 2.23. The number of halogens is 1. The fourth-order valence-corrected chi connectivity index (χ4v) is 3.40. The molecule has 8 heteroatoms. The molecule has 1 aliphatic rings. The van der Waals surface area contributed by atoms with Crippen LogP contribution >= 0.6 is 0 Å². The Balaban J connectivity index is 1.55. The van der Waals surface area contributed by atoms with Crippen LogP contribution in [0, 0.1) is 5.82 Å². The number of hydrogen-bond donors (Lipinski definition) is 0. The Bertz CT molecular complexity index is 1030. The fraction of sp³-hybridized carbons (Fsp3) is 0.368. The molecule has 0 spiro atoms. The van der Waals surface area contributed by atoms with Gasteiger partial charge in [0.15, 0.2) is 11.6 Å². The molecular weight excluding hydrogens is 347 g/mol. The molecule has 0 aliphatic carbocycles. The number of fused-ring (bicyclic) bond motifs is 1. The minimum atomic E-state index is -0.401. The average Bonchev–Trinajstić information content (AvgIpc) is 2.68. The number of hydrogen-bond acceptors (Lipinski definition) is 6. The van der Waals surface area contributed by atoms with Gasteiger partial charge in [-0.2, -0.15) is 0 Å². The molecule has 0 saturated carbocycles. The van der Waals surface area contributed by atoms with Crippen LogP contribution in [0.4, 0.5) is 15.9 Å². The van der Waals surface area contributed by atoms with Crippen LogP contribution in [0.25, 0.3) is 10.9 Å². The minimum Gasteiger partial charge on any atom is -0.368 e. The number of benzene rings is 1. The molecule has 0 unspecified atom stereocenters. The van der Waals surface area contributed by atoms with Crippen molar-refractivity contribution in [3.8, 4) is 0 Å². The highest BCUT2D eigenvalue weighted by atomic mass is 19.1. The third-order valence-corrected chi connectivity index (χ3v) is 4.92. The first kappa shape index (κ1) is 17.4. The Morgan fingerprint density at radius 1 is 1.07 bits per heavy atom. The summed E-state index contributed by atoms with van der Waals surface area (Å²) < 4.78 is 15.5. The summed E-state index contributed by atoms with van der Waals surface area (Å²) in [4.78, 5) is 28.9. The van der Waals surface area contributed by atoms with E-state index in [0.29, 0.717) is 29.8 Å². The third-order valence-electron chi connectivity index (χ3n) is 4.92. The van der Waals surface area contributed by atoms with Gasteiger partial charge in [0, 0.05) is 37.9 Å². The van der Waals surface area contributed by atoms with Crippen molar-refractivity contribution < 1.29 is 4.39 Å². The van der Waals surface area contributed by atoms with Gasteiger partial charge in [-0.1, -0.05) is 0 Å². The number of aromatic nitrogens is 4. The first-order chi connectivity index (χ1) is 13.0. The highest BCUT2D eigenvalue weighted by Gasteiger charge is 2.21. The van der Waals surface area contributed by atoms with E-state index in [-0.39, 0.29) is 11.6 Å². The molecule has 3 aromatic rings. The Labute approximate surface area is 156 Å². The molecule has 0 radical (unpaired) electrons. The van der Waals surface area contributed by atoms with Gasteiger partial charge in [0.2, 0.25) is 0 Å². The van der Waals surface area contributed by atoms with Gasteiger partial charge in [0.05, 0.1) is 23.4 Å². The summed E-state index contributed by atoms with van der Waals surface area (Å²) in [6, 6.07) is 5.82. The van der Waals surface area contributed by atoms with Crippen molar-refractivity contribution in [1.29, 1.82) is 0 Å². The molecule has 1 aliphatic heterocycles. The monoisotopic (exact) mass is 368 g/mol. The predicted molar refractivity (Wildman–Crippen MR) is 103 cm³/mol. The smallest absolute Gasteiger partial charge is 0.261 e. The molecular formula is C19H21FN6O. The zero-order valence-corrected chi connectivity index (χ0v) is 15.3. The van der Waals surface area contributed by atoms with Gasteiger partial charge >= 0.3 is 0 Å². The van der Waals surface area contributed by atoms with E-state index < -0.39 is 5.82 Å². The lowest BCUT2D eigenvalue weighted by atomic mass is 10.2. The van der Waals surface area contributed by atoms with Gasteiger partial charge < -0.3 is 9.80 Å². The van der Waals surface area contributed by atoms with Crippen molar-refractivity contribution in [3.63, 3.8) is 0 Å². The van der Waals surface area contributed by atoms with E-state index >= 15 is 0 Å². The molecule has 1 saturated heterocycles.